The first-order chi connectivity index (χ1) is 5.91. The summed E-state index contributed by atoms with van der Waals surface area (Å²) in [5.41, 5.74) is 0. The van der Waals surface area contributed by atoms with Gasteiger partial charge in [-0.3, -0.25) is 0 Å². The van der Waals surface area contributed by atoms with Crippen molar-refractivity contribution in [3.05, 3.63) is 30.3 Å². The van der Waals surface area contributed by atoms with E-state index in [2.05, 4.69) is 6.92 Å². The van der Waals surface area contributed by atoms with Gasteiger partial charge in [-0.15, -0.1) is 0 Å². The van der Waals surface area contributed by atoms with Gasteiger partial charge in [0.15, 0.2) is 0 Å². The van der Waals surface area contributed by atoms with Gasteiger partial charge in [0.2, 0.25) is 0 Å². The van der Waals surface area contributed by atoms with E-state index in [1.54, 1.807) is 7.06 Å². The maximum Gasteiger partial charge on any atom is 1.00 e. The summed E-state index contributed by atoms with van der Waals surface area (Å²) >= 11 is 0. The van der Waals surface area contributed by atoms with Crippen molar-refractivity contribution < 1.29 is 19.5 Å². The molecule has 0 unspecified atom stereocenters. The molecule has 1 aromatic rings. The minimum atomic E-state index is 0. The molecule has 4 heteroatoms. The predicted octanol–water partition coefficient (Wildman–Crippen LogP) is 2.01. The molecule has 0 atom stereocenters. The van der Waals surface area contributed by atoms with Crippen LogP contribution in [0.3, 0.4) is 0 Å². The molecular formula is C9H14B3Ru. The van der Waals surface area contributed by atoms with Gasteiger partial charge in [-0.05, 0) is 0 Å². The number of hydrogen-bond acceptors (Lipinski definition) is 0. The first-order valence-corrected chi connectivity index (χ1v) is 4.45. The van der Waals surface area contributed by atoms with E-state index in [1.807, 2.05) is 37.5 Å². The Labute approximate surface area is 97.9 Å². The van der Waals surface area contributed by atoms with Crippen molar-refractivity contribution >= 4 is 22.0 Å². The van der Waals surface area contributed by atoms with Crippen LogP contribution < -0.4 is 0 Å². The van der Waals surface area contributed by atoms with E-state index in [-0.39, 0.29) is 19.5 Å². The maximum absolute atomic E-state index is 5.09. The van der Waals surface area contributed by atoms with Crippen molar-refractivity contribution in [2.45, 2.75) is 26.1 Å². The van der Waals surface area contributed by atoms with E-state index in [0.717, 1.165) is 6.32 Å². The average Bonchev–Trinajstić information content (AvgIpc) is 2.62. The molecule has 67 valence electrons. The van der Waals surface area contributed by atoms with Crippen molar-refractivity contribution in [2.24, 2.45) is 0 Å². The number of unbranched alkanes of at least 4 members (excludes halogenated alkanes) is 1. The Morgan fingerprint density at radius 3 is 2.23 bits per heavy atom. The van der Waals surface area contributed by atoms with Gasteiger partial charge < -0.3 is 0 Å². The molecule has 5 radical (unpaired) electrons. The van der Waals surface area contributed by atoms with Crippen LogP contribution in [0.4, 0.5) is 0 Å². The second kappa shape index (κ2) is 14.7. The van der Waals surface area contributed by atoms with E-state index < -0.39 is 0 Å². The van der Waals surface area contributed by atoms with Crippen molar-refractivity contribution in [3.63, 3.8) is 0 Å². The SMILES string of the molecule is [B][B][B]CCCC.[Ru+].c1cc[cH-]c1. The molecule has 0 aliphatic rings. The summed E-state index contributed by atoms with van der Waals surface area (Å²) in [4.78, 5) is 0. The third-order valence-electron chi connectivity index (χ3n) is 1.42. The summed E-state index contributed by atoms with van der Waals surface area (Å²) in [5.74, 6) is 0. The zero-order valence-electron chi connectivity index (χ0n) is 8.09. The Hall–Kier alpha value is 0.168. The smallest absolute Gasteiger partial charge is 0.214 e. The normalized spacial score (nSPS) is 7.46. The van der Waals surface area contributed by atoms with E-state index >= 15 is 0 Å². The molecule has 0 nitrogen and oxygen atoms in total. The molecule has 0 aliphatic heterocycles. The monoisotopic (exact) mass is 257 g/mol. The topological polar surface area (TPSA) is 0 Å². The van der Waals surface area contributed by atoms with E-state index in [4.69, 9.17) is 7.74 Å². The third-order valence-corrected chi connectivity index (χ3v) is 1.42. The van der Waals surface area contributed by atoms with Crippen LogP contribution in [-0.4, -0.2) is 22.0 Å². The summed E-state index contributed by atoms with van der Waals surface area (Å²) in [6.45, 7) is 2.17. The third kappa shape index (κ3) is 15.0. The molecule has 0 saturated heterocycles. The Kier molecular flexibility index (Phi) is 17.7. The standard InChI is InChI=1S/C5H5.C4H9B3.Ru/c1-2-4-5-3-1;1-2-3-4-6-7-5;/h1-5H;2-4H2,1H3;/q-1;;+1. The minimum absolute atomic E-state index is 0. The van der Waals surface area contributed by atoms with Gasteiger partial charge in [-0.25, -0.2) is 12.1 Å². The van der Waals surface area contributed by atoms with Crippen molar-refractivity contribution in [1.29, 1.82) is 0 Å². The molecule has 0 bridgehead atoms. The van der Waals surface area contributed by atoms with Gasteiger partial charge >= 0.3 is 19.5 Å². The first kappa shape index (κ1) is 15.6. The Morgan fingerprint density at radius 1 is 1.31 bits per heavy atom. The summed E-state index contributed by atoms with van der Waals surface area (Å²) in [5, 5.41) is 0. The fourth-order valence-corrected chi connectivity index (χ4v) is 0.739. The average molecular weight is 256 g/mol. The zero-order chi connectivity index (χ0) is 9.07. The molecule has 0 fully saturated rings. The van der Waals surface area contributed by atoms with Crippen LogP contribution in [0.25, 0.3) is 0 Å². The molecular weight excluding hydrogens is 242 g/mol. The van der Waals surface area contributed by atoms with Crippen LogP contribution in [0.2, 0.25) is 6.32 Å². The van der Waals surface area contributed by atoms with Crippen LogP contribution >= 0.6 is 0 Å². The summed E-state index contributed by atoms with van der Waals surface area (Å²) < 4.78 is 0. The molecule has 0 N–H and O–H groups in total. The van der Waals surface area contributed by atoms with Crippen LogP contribution in [0, 0.1) is 0 Å². The molecule has 13 heavy (non-hydrogen) atoms. The summed E-state index contributed by atoms with van der Waals surface area (Å²) in [7, 11) is 8.69. The predicted molar refractivity (Wildman–Crippen MR) is 59.0 cm³/mol. The quantitative estimate of drug-likeness (QED) is 0.439. The molecule has 0 aromatic heterocycles. The molecule has 1 rings (SSSR count). The van der Waals surface area contributed by atoms with Crippen molar-refractivity contribution in [3.8, 4) is 0 Å². The Balaban J connectivity index is 0. The minimum Gasteiger partial charge on any atom is -0.214 e. The first-order valence-electron chi connectivity index (χ1n) is 4.45. The van der Waals surface area contributed by atoms with E-state index in [9.17, 15) is 0 Å². The van der Waals surface area contributed by atoms with Crippen LogP contribution in [0.15, 0.2) is 30.3 Å². The summed E-state index contributed by atoms with van der Waals surface area (Å²) in [6, 6.07) is 10.0. The van der Waals surface area contributed by atoms with Gasteiger partial charge in [0.25, 0.3) is 0 Å². The zero-order valence-corrected chi connectivity index (χ0v) is 9.83. The van der Waals surface area contributed by atoms with Gasteiger partial charge in [0.05, 0.1) is 7.17 Å². The van der Waals surface area contributed by atoms with Gasteiger partial charge in [0.1, 0.15) is 0 Å². The van der Waals surface area contributed by atoms with Crippen LogP contribution in [0.5, 0.6) is 0 Å². The maximum atomic E-state index is 5.09. The molecule has 0 amide bonds. The molecule has 0 saturated carbocycles. The van der Waals surface area contributed by atoms with E-state index in [1.165, 1.54) is 12.8 Å². The fourth-order valence-electron chi connectivity index (χ4n) is 0.739. The molecule has 0 spiro atoms. The van der Waals surface area contributed by atoms with Crippen molar-refractivity contribution in [1.82, 2.24) is 0 Å². The fraction of sp³-hybridized carbons (Fsp3) is 0.444. The number of rotatable bonds is 4. The Bertz CT molecular complexity index is 121. The number of hydrogen-bond donors (Lipinski definition) is 0. The molecule has 0 heterocycles. The van der Waals surface area contributed by atoms with Gasteiger partial charge in [0, 0.05) is 14.8 Å². The van der Waals surface area contributed by atoms with Gasteiger partial charge in [-0.1, -0.05) is 26.1 Å². The Morgan fingerprint density at radius 2 is 1.92 bits per heavy atom. The van der Waals surface area contributed by atoms with Crippen LogP contribution in [-0.2, 0) is 19.5 Å². The van der Waals surface area contributed by atoms with Crippen molar-refractivity contribution in [2.75, 3.05) is 0 Å². The molecule has 1 aromatic carbocycles. The molecule has 0 aliphatic carbocycles. The summed E-state index contributed by atoms with van der Waals surface area (Å²) in [6.07, 6.45) is 3.64. The largest absolute Gasteiger partial charge is 1.00 e. The second-order valence-corrected chi connectivity index (χ2v) is 2.53. The van der Waals surface area contributed by atoms with E-state index in [0.29, 0.717) is 0 Å². The van der Waals surface area contributed by atoms with Gasteiger partial charge in [-0.2, -0.15) is 18.2 Å². The van der Waals surface area contributed by atoms with Crippen LogP contribution in [0.1, 0.15) is 19.8 Å². The second-order valence-electron chi connectivity index (χ2n) is 2.53.